The van der Waals surface area contributed by atoms with Gasteiger partial charge in [0.2, 0.25) is 0 Å². The van der Waals surface area contributed by atoms with E-state index >= 15 is 0 Å². The molecule has 0 aliphatic heterocycles. The molecule has 0 saturated carbocycles. The van der Waals surface area contributed by atoms with Crippen LogP contribution in [0.25, 0.3) is 0 Å². The maximum absolute atomic E-state index is 13.2. The van der Waals surface area contributed by atoms with Gasteiger partial charge in [0.25, 0.3) is 0 Å². The summed E-state index contributed by atoms with van der Waals surface area (Å²) in [6, 6.07) is 1.53. The first-order valence-electron chi connectivity index (χ1n) is 5.38. The standard InChI is InChI=1S/C12H16F3N/c1-8(4-5-16)2-3-9-6-11(14)12(15)7-10(9)13/h6-8H,2-5,16H2,1H3. The molecular formula is C12H16F3N. The van der Waals surface area contributed by atoms with Crippen LogP contribution in [0.4, 0.5) is 13.2 Å². The van der Waals surface area contributed by atoms with E-state index in [4.69, 9.17) is 5.73 Å². The van der Waals surface area contributed by atoms with Crippen LogP contribution in [0.5, 0.6) is 0 Å². The summed E-state index contributed by atoms with van der Waals surface area (Å²) in [6.07, 6.45) is 1.98. The van der Waals surface area contributed by atoms with Crippen molar-refractivity contribution in [2.24, 2.45) is 11.7 Å². The molecule has 1 atom stereocenters. The molecule has 1 rings (SSSR count). The molecule has 0 aromatic heterocycles. The zero-order valence-electron chi connectivity index (χ0n) is 9.27. The van der Waals surface area contributed by atoms with Gasteiger partial charge in [0.05, 0.1) is 0 Å². The average Bonchev–Trinajstić information content (AvgIpc) is 2.22. The second-order valence-corrected chi connectivity index (χ2v) is 4.08. The highest BCUT2D eigenvalue weighted by Gasteiger charge is 2.10. The van der Waals surface area contributed by atoms with E-state index in [0.717, 1.165) is 18.9 Å². The predicted molar refractivity (Wildman–Crippen MR) is 57.5 cm³/mol. The third-order valence-corrected chi connectivity index (χ3v) is 2.66. The van der Waals surface area contributed by atoms with Gasteiger partial charge in [-0.25, -0.2) is 13.2 Å². The van der Waals surface area contributed by atoms with Crippen molar-refractivity contribution < 1.29 is 13.2 Å². The lowest BCUT2D eigenvalue weighted by molar-refractivity contribution is 0.473. The van der Waals surface area contributed by atoms with E-state index in [0.29, 0.717) is 24.9 Å². The molecule has 0 bridgehead atoms. The molecule has 0 fully saturated rings. The van der Waals surface area contributed by atoms with Crippen LogP contribution in [-0.2, 0) is 6.42 Å². The van der Waals surface area contributed by atoms with Crippen molar-refractivity contribution >= 4 is 0 Å². The summed E-state index contributed by atoms with van der Waals surface area (Å²) in [5, 5.41) is 0. The molecule has 0 aliphatic carbocycles. The Balaban J connectivity index is 2.63. The molecule has 0 aliphatic rings. The molecule has 0 amide bonds. The first-order valence-corrected chi connectivity index (χ1v) is 5.38. The number of nitrogens with two attached hydrogens (primary N) is 1. The van der Waals surface area contributed by atoms with Gasteiger partial charge in [-0.2, -0.15) is 0 Å². The molecule has 2 N–H and O–H groups in total. The molecule has 0 spiro atoms. The van der Waals surface area contributed by atoms with Crippen molar-refractivity contribution in [3.8, 4) is 0 Å². The van der Waals surface area contributed by atoms with Crippen molar-refractivity contribution in [3.63, 3.8) is 0 Å². The lowest BCUT2D eigenvalue weighted by Crippen LogP contribution is -2.07. The Morgan fingerprint density at radius 1 is 1.06 bits per heavy atom. The number of rotatable bonds is 5. The van der Waals surface area contributed by atoms with E-state index in [2.05, 4.69) is 0 Å². The topological polar surface area (TPSA) is 26.0 Å². The van der Waals surface area contributed by atoms with Gasteiger partial charge in [-0.05, 0) is 43.4 Å². The molecule has 90 valence electrons. The molecule has 1 aromatic rings. The maximum Gasteiger partial charge on any atom is 0.161 e. The van der Waals surface area contributed by atoms with Gasteiger partial charge in [-0.15, -0.1) is 0 Å². The lowest BCUT2D eigenvalue weighted by Gasteiger charge is -2.10. The average molecular weight is 231 g/mol. The van der Waals surface area contributed by atoms with Gasteiger partial charge >= 0.3 is 0 Å². The van der Waals surface area contributed by atoms with Crippen molar-refractivity contribution in [3.05, 3.63) is 35.1 Å². The Hall–Kier alpha value is -1.03. The molecule has 0 saturated heterocycles. The SMILES string of the molecule is CC(CCN)CCc1cc(F)c(F)cc1F. The summed E-state index contributed by atoms with van der Waals surface area (Å²) in [4.78, 5) is 0. The zero-order chi connectivity index (χ0) is 12.1. The Morgan fingerprint density at radius 3 is 2.31 bits per heavy atom. The molecular weight excluding hydrogens is 215 g/mol. The van der Waals surface area contributed by atoms with Crippen LogP contribution in [0.2, 0.25) is 0 Å². The molecule has 4 heteroatoms. The fourth-order valence-electron chi connectivity index (χ4n) is 1.59. The maximum atomic E-state index is 13.2. The van der Waals surface area contributed by atoms with Gasteiger partial charge in [0.1, 0.15) is 5.82 Å². The molecule has 16 heavy (non-hydrogen) atoms. The van der Waals surface area contributed by atoms with Crippen LogP contribution in [0.3, 0.4) is 0 Å². The Labute approximate surface area is 93.5 Å². The van der Waals surface area contributed by atoms with Gasteiger partial charge in [-0.3, -0.25) is 0 Å². The fourth-order valence-corrected chi connectivity index (χ4v) is 1.59. The highest BCUT2D eigenvalue weighted by atomic mass is 19.2. The number of hydrogen-bond acceptors (Lipinski definition) is 1. The van der Waals surface area contributed by atoms with Crippen LogP contribution < -0.4 is 5.73 Å². The first kappa shape index (κ1) is 13.0. The van der Waals surface area contributed by atoms with Crippen LogP contribution >= 0.6 is 0 Å². The fraction of sp³-hybridized carbons (Fsp3) is 0.500. The quantitative estimate of drug-likeness (QED) is 0.774. The van der Waals surface area contributed by atoms with Gasteiger partial charge < -0.3 is 5.73 Å². The number of hydrogen-bond donors (Lipinski definition) is 1. The smallest absolute Gasteiger partial charge is 0.161 e. The minimum absolute atomic E-state index is 0.225. The third kappa shape index (κ3) is 3.52. The summed E-state index contributed by atoms with van der Waals surface area (Å²) in [6.45, 7) is 2.59. The number of halogens is 3. The molecule has 1 nitrogen and oxygen atoms in total. The highest BCUT2D eigenvalue weighted by Crippen LogP contribution is 2.18. The molecule has 0 heterocycles. The summed E-state index contributed by atoms with van der Waals surface area (Å²) >= 11 is 0. The van der Waals surface area contributed by atoms with Gasteiger partial charge in [0, 0.05) is 6.07 Å². The van der Waals surface area contributed by atoms with Crippen LogP contribution in [0, 0.1) is 23.4 Å². The van der Waals surface area contributed by atoms with E-state index in [-0.39, 0.29) is 5.56 Å². The minimum Gasteiger partial charge on any atom is -0.330 e. The highest BCUT2D eigenvalue weighted by molar-refractivity contribution is 5.20. The van der Waals surface area contributed by atoms with Crippen LogP contribution in [0.1, 0.15) is 25.3 Å². The van der Waals surface area contributed by atoms with Crippen molar-refractivity contribution in [2.45, 2.75) is 26.2 Å². The van der Waals surface area contributed by atoms with E-state index in [9.17, 15) is 13.2 Å². The monoisotopic (exact) mass is 231 g/mol. The van der Waals surface area contributed by atoms with E-state index in [1.54, 1.807) is 0 Å². The largest absolute Gasteiger partial charge is 0.330 e. The second kappa shape index (κ2) is 5.89. The van der Waals surface area contributed by atoms with E-state index in [1.807, 2.05) is 6.92 Å². The summed E-state index contributed by atoms with van der Waals surface area (Å²) in [5.74, 6) is -2.46. The Bertz CT molecular complexity index is 352. The van der Waals surface area contributed by atoms with E-state index in [1.165, 1.54) is 0 Å². The third-order valence-electron chi connectivity index (χ3n) is 2.66. The zero-order valence-corrected chi connectivity index (χ0v) is 9.27. The van der Waals surface area contributed by atoms with Gasteiger partial charge in [0.15, 0.2) is 11.6 Å². The number of aryl methyl sites for hydroxylation is 1. The van der Waals surface area contributed by atoms with Crippen molar-refractivity contribution in [2.75, 3.05) is 6.54 Å². The van der Waals surface area contributed by atoms with E-state index < -0.39 is 17.5 Å². The Morgan fingerprint density at radius 2 is 1.69 bits per heavy atom. The minimum atomic E-state index is -1.14. The van der Waals surface area contributed by atoms with Gasteiger partial charge in [-0.1, -0.05) is 6.92 Å². The Kier molecular flexibility index (Phi) is 4.80. The summed E-state index contributed by atoms with van der Waals surface area (Å²) < 4.78 is 38.8. The summed E-state index contributed by atoms with van der Waals surface area (Å²) in [7, 11) is 0. The molecule has 1 aromatic carbocycles. The van der Waals surface area contributed by atoms with Crippen molar-refractivity contribution in [1.29, 1.82) is 0 Å². The van der Waals surface area contributed by atoms with Crippen LogP contribution in [0.15, 0.2) is 12.1 Å². The van der Waals surface area contributed by atoms with Crippen LogP contribution in [-0.4, -0.2) is 6.54 Å². The summed E-state index contributed by atoms with van der Waals surface area (Å²) in [5.41, 5.74) is 5.61. The second-order valence-electron chi connectivity index (χ2n) is 4.08. The lowest BCUT2D eigenvalue weighted by atomic mass is 9.98. The predicted octanol–water partition coefficient (Wildman–Crippen LogP) is 3.02. The first-order chi connectivity index (χ1) is 7.54. The normalized spacial score (nSPS) is 12.8. The molecule has 1 unspecified atom stereocenters. The van der Waals surface area contributed by atoms with Crippen molar-refractivity contribution in [1.82, 2.24) is 0 Å². The number of benzene rings is 1. The molecule has 0 radical (unpaired) electrons.